The van der Waals surface area contributed by atoms with E-state index < -0.39 is 13.2 Å². The highest BCUT2D eigenvalue weighted by Crippen LogP contribution is 2.65. The lowest BCUT2D eigenvalue weighted by Crippen LogP contribution is -2.65. The number of hydrogen-bond donors (Lipinski definition) is 4. The van der Waals surface area contributed by atoms with Gasteiger partial charge in [-0.2, -0.15) is 0 Å². The van der Waals surface area contributed by atoms with Crippen molar-refractivity contribution in [3.63, 3.8) is 0 Å². The number of aliphatic imine (C=N–C) groups is 1. The van der Waals surface area contributed by atoms with Crippen molar-refractivity contribution >= 4 is 41.8 Å². The van der Waals surface area contributed by atoms with Crippen molar-refractivity contribution in [2.24, 2.45) is 33.9 Å². The Morgan fingerprint density at radius 3 is 2.48 bits per heavy atom. The van der Waals surface area contributed by atoms with Crippen molar-refractivity contribution in [3.8, 4) is 0 Å². The largest absolute Gasteiger partial charge is 0.481 e. The number of carbonyl (C=O) groups excluding carboxylic acids is 3. The minimum atomic E-state index is -0.687. The lowest BCUT2D eigenvalue weighted by Gasteiger charge is -2.64. The zero-order valence-electron chi connectivity index (χ0n) is 26.8. The molecule has 2 amide bonds. The molecule has 4 fully saturated rings. The summed E-state index contributed by atoms with van der Waals surface area (Å²) in [4.78, 5) is 41.6. The predicted molar refractivity (Wildman–Crippen MR) is 170 cm³/mol. The third-order valence-corrected chi connectivity index (χ3v) is 10.5. The molecule has 3 saturated carbocycles. The number of amides is 2. The van der Waals surface area contributed by atoms with Gasteiger partial charge in [0.05, 0.1) is 17.6 Å². The molecule has 0 spiro atoms. The zero-order valence-corrected chi connectivity index (χ0v) is 27.6. The summed E-state index contributed by atoms with van der Waals surface area (Å²) in [6, 6.07) is -0.687. The number of nitrogens with one attached hydrogen (secondary N) is 3. The van der Waals surface area contributed by atoms with Crippen LogP contribution in [0, 0.1) is 23.2 Å². The first kappa shape index (κ1) is 34.7. The van der Waals surface area contributed by atoms with Gasteiger partial charge in [-0.3, -0.25) is 19.4 Å². The average Bonchev–Trinajstić information content (AvgIpc) is 3.28. The van der Waals surface area contributed by atoms with E-state index in [-0.39, 0.29) is 40.0 Å². The lowest BCUT2D eigenvalue weighted by atomic mass is 9.43. The molecule has 4 aliphatic rings. The highest BCUT2D eigenvalue weighted by molar-refractivity contribution is 8.13. The van der Waals surface area contributed by atoms with Gasteiger partial charge in [-0.25, -0.2) is 0 Å². The van der Waals surface area contributed by atoms with E-state index in [9.17, 15) is 14.4 Å². The summed E-state index contributed by atoms with van der Waals surface area (Å²) < 4.78 is 13.3. The molecule has 5 N–H and O–H groups in total. The Morgan fingerprint density at radius 1 is 1.10 bits per heavy atom. The van der Waals surface area contributed by atoms with Gasteiger partial charge in [0.2, 0.25) is 11.8 Å². The van der Waals surface area contributed by atoms with Crippen LogP contribution in [0.1, 0.15) is 99.3 Å². The van der Waals surface area contributed by atoms with E-state index in [1.807, 2.05) is 0 Å². The fraction of sp³-hybridized carbons (Fsp3) is 0.867. The molecular weight excluding hydrogens is 553 g/mol. The van der Waals surface area contributed by atoms with Crippen LogP contribution in [-0.2, 0) is 23.7 Å². The number of nitrogens with zero attached hydrogens (tertiary/aromatic N) is 1. The molecule has 1 aliphatic heterocycles. The highest BCUT2D eigenvalue weighted by Gasteiger charge is 2.68. The van der Waals surface area contributed by atoms with Gasteiger partial charge in [-0.1, -0.05) is 45.9 Å². The summed E-state index contributed by atoms with van der Waals surface area (Å²) in [6.07, 6.45) is 6.76. The van der Waals surface area contributed by atoms with Crippen LogP contribution in [0.25, 0.3) is 0 Å². The highest BCUT2D eigenvalue weighted by atomic mass is 32.2. The Balaban J connectivity index is 1.62. The quantitative estimate of drug-likeness (QED) is 0.0905. The first-order valence-electron chi connectivity index (χ1n) is 15.8. The molecule has 0 aromatic carbocycles. The molecule has 0 radical (unpaired) electrons. The Hall–Kier alpha value is -1.79. The van der Waals surface area contributed by atoms with Crippen molar-refractivity contribution < 1.29 is 23.7 Å². The maximum absolute atomic E-state index is 13.7. The third-order valence-electron chi connectivity index (χ3n) is 9.57. The van der Waals surface area contributed by atoms with Crippen LogP contribution in [0.15, 0.2) is 4.99 Å². The molecule has 2 bridgehead atoms. The van der Waals surface area contributed by atoms with E-state index >= 15 is 0 Å². The molecule has 3 aliphatic carbocycles. The van der Waals surface area contributed by atoms with Crippen LogP contribution in [0.2, 0.25) is 0 Å². The number of rotatable bonds is 16. The maximum Gasteiger partial charge on any atom is 0.481 e. The fourth-order valence-corrected chi connectivity index (χ4v) is 7.65. The van der Waals surface area contributed by atoms with Crippen molar-refractivity contribution in [2.75, 3.05) is 19.3 Å². The van der Waals surface area contributed by atoms with Crippen LogP contribution in [0.3, 0.4) is 0 Å². The summed E-state index contributed by atoms with van der Waals surface area (Å²) in [6.45, 7) is 13.2. The summed E-state index contributed by atoms with van der Waals surface area (Å²) >= 11 is 1.31. The minimum Gasteiger partial charge on any atom is -0.404 e. The molecule has 12 heteroatoms. The number of guanidine groups is 1. The Kier molecular flexibility index (Phi) is 12.6. The van der Waals surface area contributed by atoms with Crippen LogP contribution in [-0.4, -0.2) is 73.0 Å². The molecular formula is C30H54BN5O5S. The first-order valence-corrected chi connectivity index (χ1v) is 16.8. The fourth-order valence-electron chi connectivity index (χ4n) is 7.02. The van der Waals surface area contributed by atoms with Gasteiger partial charge in [0.25, 0.3) is 0 Å². The predicted octanol–water partition coefficient (Wildman–Crippen LogP) is 3.42. The molecule has 0 aromatic rings. The van der Waals surface area contributed by atoms with Gasteiger partial charge in [-0.05, 0) is 75.0 Å². The van der Waals surface area contributed by atoms with Gasteiger partial charge in [0.15, 0.2) is 11.1 Å². The summed E-state index contributed by atoms with van der Waals surface area (Å²) in [5, 5.41) is 9.33. The topological polar surface area (TPSA) is 144 Å². The lowest BCUT2D eigenvalue weighted by molar-refractivity contribution is -0.199. The van der Waals surface area contributed by atoms with Crippen LogP contribution in [0.4, 0.5) is 0 Å². The number of nitrogens with two attached hydrogens (primary N) is 1. The van der Waals surface area contributed by atoms with E-state index in [1.54, 1.807) is 14.0 Å². The van der Waals surface area contributed by atoms with E-state index in [4.69, 9.17) is 15.0 Å². The molecule has 6 atom stereocenters. The number of thioether (sulfide) groups is 1. The van der Waals surface area contributed by atoms with Crippen molar-refractivity contribution in [1.82, 2.24) is 16.0 Å². The Bertz CT molecular complexity index is 982. The summed E-state index contributed by atoms with van der Waals surface area (Å²) in [7, 11) is 1.09. The van der Waals surface area contributed by atoms with E-state index in [0.29, 0.717) is 62.4 Å². The Labute approximate surface area is 257 Å². The van der Waals surface area contributed by atoms with E-state index in [1.165, 1.54) is 18.2 Å². The Morgan fingerprint density at radius 2 is 1.83 bits per heavy atom. The van der Waals surface area contributed by atoms with Crippen molar-refractivity contribution in [3.05, 3.63) is 0 Å². The van der Waals surface area contributed by atoms with Gasteiger partial charge >= 0.3 is 7.12 Å². The van der Waals surface area contributed by atoms with Crippen molar-refractivity contribution in [2.45, 2.75) is 123 Å². The molecule has 1 heterocycles. The zero-order chi connectivity index (χ0) is 31.1. The van der Waals surface area contributed by atoms with Gasteiger partial charge in [-0.15, -0.1) is 0 Å². The number of hydrogen-bond acceptors (Lipinski definition) is 7. The van der Waals surface area contributed by atoms with Crippen LogP contribution >= 0.6 is 11.8 Å². The number of unbranched alkanes of at least 4 members (excludes halogenated alkanes) is 2. The molecule has 1 saturated heterocycles. The third kappa shape index (κ3) is 8.88. The second kappa shape index (κ2) is 15.3. The summed E-state index contributed by atoms with van der Waals surface area (Å²) in [5.41, 5.74) is 5.63. The minimum absolute atomic E-state index is 0.0342. The average molecular weight is 608 g/mol. The standard InChI is InChI=1S/C30H54BN5O5S/c1-19(2)16-25(31-40-24-18-21-17-23(29(21,4)5)30(24,6)41-31)36-27(39)22(12-11-14-34-28(32)33-7)35-26(38)13-9-8-10-15-42-20(3)37/h19,21-25H,8-18H2,1-7H3,(H,35,38)(H,36,39)(H3,32,33,34)/t21-,22-,23-,24+,25-,30-/m0/s1. The second-order valence-corrected chi connectivity index (χ2v) is 14.8. The first-order chi connectivity index (χ1) is 19.8. The van der Waals surface area contributed by atoms with Crippen LogP contribution < -0.4 is 21.7 Å². The maximum atomic E-state index is 13.7. The molecule has 10 nitrogen and oxygen atoms in total. The molecule has 0 unspecified atom stereocenters. The van der Waals surface area contributed by atoms with Gasteiger partial charge in [0.1, 0.15) is 6.04 Å². The van der Waals surface area contributed by atoms with Gasteiger partial charge < -0.3 is 31.0 Å². The molecule has 238 valence electrons. The normalized spacial score (nSPS) is 27.6. The molecule has 4 rings (SSSR count). The van der Waals surface area contributed by atoms with Gasteiger partial charge in [0, 0.05) is 32.7 Å². The summed E-state index contributed by atoms with van der Waals surface area (Å²) in [5.74, 6) is 1.82. The van der Waals surface area contributed by atoms with E-state index in [0.717, 1.165) is 25.0 Å². The molecule has 42 heavy (non-hydrogen) atoms. The SMILES string of the molecule is CN=C(N)NCCC[C@H](NC(=O)CCCCCSC(C)=O)C(=O)N[C@@H](CC(C)C)B1O[C@@H]2C[C@@H]3C[C@@H](C3(C)C)[C@]2(C)O1. The monoisotopic (exact) mass is 607 g/mol. The van der Waals surface area contributed by atoms with E-state index in [2.05, 4.69) is 55.6 Å². The number of carbonyl (C=O) groups is 3. The van der Waals surface area contributed by atoms with Crippen LogP contribution in [0.5, 0.6) is 0 Å². The molecule has 0 aromatic heterocycles. The smallest absolute Gasteiger partial charge is 0.404 e. The van der Waals surface area contributed by atoms with Crippen molar-refractivity contribution in [1.29, 1.82) is 0 Å². The second-order valence-electron chi connectivity index (χ2n) is 13.5.